The summed E-state index contributed by atoms with van der Waals surface area (Å²) < 4.78 is 11.7. The molecule has 0 fully saturated rings. The summed E-state index contributed by atoms with van der Waals surface area (Å²) in [4.78, 5) is 11.7. The predicted molar refractivity (Wildman–Crippen MR) is 89.6 cm³/mol. The molecule has 0 bridgehead atoms. The molecule has 0 aliphatic rings. The lowest BCUT2D eigenvalue weighted by Crippen LogP contribution is -2.32. The fourth-order valence-corrected chi connectivity index (χ4v) is 2.39. The highest BCUT2D eigenvalue weighted by atomic mass is 79.9. The summed E-state index contributed by atoms with van der Waals surface area (Å²) >= 11 is 9.31. The molecule has 22 heavy (non-hydrogen) atoms. The highest BCUT2D eigenvalue weighted by Gasteiger charge is 2.06. The van der Waals surface area contributed by atoms with Crippen LogP contribution in [0.2, 0.25) is 5.02 Å². The van der Waals surface area contributed by atoms with Gasteiger partial charge >= 0.3 is 0 Å². The second-order valence-corrected chi connectivity index (χ2v) is 5.70. The Morgan fingerprint density at radius 1 is 1.14 bits per heavy atom. The van der Waals surface area contributed by atoms with E-state index in [0.717, 1.165) is 10.2 Å². The van der Waals surface area contributed by atoms with Crippen molar-refractivity contribution in [2.24, 2.45) is 0 Å². The second kappa shape index (κ2) is 8.66. The van der Waals surface area contributed by atoms with Crippen LogP contribution in [0.25, 0.3) is 0 Å². The smallest absolute Gasteiger partial charge is 0.258 e. The van der Waals surface area contributed by atoms with Crippen LogP contribution in [0.5, 0.6) is 11.5 Å². The summed E-state index contributed by atoms with van der Waals surface area (Å²) in [5, 5.41) is 3.17. The quantitative estimate of drug-likeness (QED) is 0.741. The van der Waals surface area contributed by atoms with Gasteiger partial charge in [-0.3, -0.25) is 4.79 Å². The number of rotatable bonds is 7. The van der Waals surface area contributed by atoms with E-state index in [0.29, 0.717) is 23.9 Å². The van der Waals surface area contributed by atoms with Gasteiger partial charge in [-0.2, -0.15) is 0 Å². The maximum Gasteiger partial charge on any atom is 0.258 e. The lowest BCUT2D eigenvalue weighted by Gasteiger charge is -2.10. The minimum absolute atomic E-state index is 0.0906. The van der Waals surface area contributed by atoms with Crippen molar-refractivity contribution in [3.05, 3.63) is 58.0 Å². The van der Waals surface area contributed by atoms with Gasteiger partial charge in [-0.25, -0.2) is 0 Å². The normalized spacial score (nSPS) is 10.1. The molecular weight excluding hydrogens is 370 g/mol. The van der Waals surface area contributed by atoms with E-state index >= 15 is 0 Å². The molecule has 0 aromatic heterocycles. The van der Waals surface area contributed by atoms with E-state index in [1.54, 1.807) is 18.2 Å². The standard InChI is InChI=1S/C16H15BrClNO3/c17-12-6-7-15(14(18)10-12)22-11-16(20)19-8-9-21-13-4-2-1-3-5-13/h1-7,10H,8-9,11H2,(H,19,20). The van der Waals surface area contributed by atoms with E-state index in [1.807, 2.05) is 30.3 Å². The molecule has 6 heteroatoms. The molecule has 0 saturated heterocycles. The summed E-state index contributed by atoms with van der Waals surface area (Å²) in [5.74, 6) is 1.02. The average Bonchev–Trinajstić information content (AvgIpc) is 2.52. The number of nitrogens with one attached hydrogen (secondary N) is 1. The molecule has 1 N–H and O–H groups in total. The number of carbonyl (C=O) groups is 1. The Morgan fingerprint density at radius 3 is 2.64 bits per heavy atom. The summed E-state index contributed by atoms with van der Waals surface area (Å²) in [7, 11) is 0. The van der Waals surface area contributed by atoms with Crippen molar-refractivity contribution in [3.8, 4) is 11.5 Å². The van der Waals surface area contributed by atoms with Gasteiger partial charge in [-0.15, -0.1) is 0 Å². The van der Waals surface area contributed by atoms with E-state index in [4.69, 9.17) is 21.1 Å². The molecule has 116 valence electrons. The number of hydrogen-bond donors (Lipinski definition) is 1. The van der Waals surface area contributed by atoms with Gasteiger partial charge in [0, 0.05) is 4.47 Å². The zero-order valence-electron chi connectivity index (χ0n) is 11.7. The van der Waals surface area contributed by atoms with Gasteiger partial charge in [0.2, 0.25) is 0 Å². The van der Waals surface area contributed by atoms with Gasteiger partial charge in [0.15, 0.2) is 6.61 Å². The van der Waals surface area contributed by atoms with Crippen LogP contribution in [0.3, 0.4) is 0 Å². The van der Waals surface area contributed by atoms with Gasteiger partial charge in [0.1, 0.15) is 18.1 Å². The van der Waals surface area contributed by atoms with Crippen LogP contribution in [-0.2, 0) is 4.79 Å². The highest BCUT2D eigenvalue weighted by Crippen LogP contribution is 2.27. The fraction of sp³-hybridized carbons (Fsp3) is 0.188. The fourth-order valence-electron chi connectivity index (χ4n) is 1.66. The predicted octanol–water partition coefficient (Wildman–Crippen LogP) is 3.68. The van der Waals surface area contributed by atoms with E-state index in [9.17, 15) is 4.79 Å². The van der Waals surface area contributed by atoms with E-state index in [2.05, 4.69) is 21.2 Å². The summed E-state index contributed by atoms with van der Waals surface area (Å²) in [6.07, 6.45) is 0. The molecule has 0 saturated carbocycles. The van der Waals surface area contributed by atoms with Crippen LogP contribution in [0.1, 0.15) is 0 Å². The Morgan fingerprint density at radius 2 is 1.91 bits per heavy atom. The zero-order valence-corrected chi connectivity index (χ0v) is 14.1. The van der Waals surface area contributed by atoms with Gasteiger partial charge < -0.3 is 14.8 Å². The van der Waals surface area contributed by atoms with Crippen LogP contribution in [0, 0.1) is 0 Å². The summed E-state index contributed by atoms with van der Waals surface area (Å²) in [6, 6.07) is 14.6. The third kappa shape index (κ3) is 5.58. The molecular formula is C16H15BrClNO3. The number of halogens is 2. The number of hydrogen-bond acceptors (Lipinski definition) is 3. The molecule has 0 unspecified atom stereocenters. The highest BCUT2D eigenvalue weighted by molar-refractivity contribution is 9.10. The number of benzene rings is 2. The number of carbonyl (C=O) groups excluding carboxylic acids is 1. The molecule has 0 aliphatic carbocycles. The molecule has 2 aromatic carbocycles. The molecule has 1 amide bonds. The van der Waals surface area contributed by atoms with Crippen molar-refractivity contribution in [1.29, 1.82) is 0 Å². The van der Waals surface area contributed by atoms with Crippen LogP contribution >= 0.6 is 27.5 Å². The first-order chi connectivity index (χ1) is 10.6. The van der Waals surface area contributed by atoms with E-state index < -0.39 is 0 Å². The topological polar surface area (TPSA) is 47.6 Å². The second-order valence-electron chi connectivity index (χ2n) is 4.37. The Kier molecular flexibility index (Phi) is 6.55. The Hall–Kier alpha value is -1.72. The van der Waals surface area contributed by atoms with Crippen LogP contribution in [0.15, 0.2) is 53.0 Å². The molecule has 4 nitrogen and oxygen atoms in total. The average molecular weight is 385 g/mol. The molecule has 0 spiro atoms. The van der Waals surface area contributed by atoms with Crippen molar-refractivity contribution in [2.45, 2.75) is 0 Å². The van der Waals surface area contributed by atoms with Gasteiger partial charge in [0.05, 0.1) is 11.6 Å². The lowest BCUT2D eigenvalue weighted by atomic mass is 10.3. The maximum atomic E-state index is 11.7. The van der Waals surface area contributed by atoms with Gasteiger partial charge in [0.25, 0.3) is 5.91 Å². The van der Waals surface area contributed by atoms with Crippen molar-refractivity contribution >= 4 is 33.4 Å². The number of para-hydroxylation sites is 1. The molecule has 2 aromatic rings. The first kappa shape index (κ1) is 16.6. The largest absolute Gasteiger partial charge is 0.492 e. The molecule has 0 heterocycles. The van der Waals surface area contributed by atoms with Crippen LogP contribution < -0.4 is 14.8 Å². The van der Waals surface area contributed by atoms with Crippen LogP contribution in [0.4, 0.5) is 0 Å². The minimum atomic E-state index is -0.226. The minimum Gasteiger partial charge on any atom is -0.492 e. The van der Waals surface area contributed by atoms with Crippen LogP contribution in [-0.4, -0.2) is 25.7 Å². The molecule has 0 aliphatic heterocycles. The van der Waals surface area contributed by atoms with Crippen molar-refractivity contribution in [1.82, 2.24) is 5.32 Å². The Balaban J connectivity index is 1.65. The van der Waals surface area contributed by atoms with Crippen molar-refractivity contribution in [3.63, 3.8) is 0 Å². The lowest BCUT2D eigenvalue weighted by molar-refractivity contribution is -0.123. The Bertz CT molecular complexity index is 622. The SMILES string of the molecule is O=C(COc1ccc(Br)cc1Cl)NCCOc1ccccc1. The summed E-state index contributed by atoms with van der Waals surface area (Å²) in [5.41, 5.74) is 0. The van der Waals surface area contributed by atoms with Crippen molar-refractivity contribution in [2.75, 3.05) is 19.8 Å². The third-order valence-electron chi connectivity index (χ3n) is 2.69. The number of ether oxygens (including phenoxy) is 2. The van der Waals surface area contributed by atoms with Crippen molar-refractivity contribution < 1.29 is 14.3 Å². The third-order valence-corrected chi connectivity index (χ3v) is 3.48. The zero-order chi connectivity index (χ0) is 15.8. The first-order valence-electron chi connectivity index (χ1n) is 6.67. The molecule has 0 atom stereocenters. The molecule has 2 rings (SSSR count). The Labute approximate surface area is 142 Å². The van der Waals surface area contributed by atoms with Gasteiger partial charge in [-0.1, -0.05) is 45.7 Å². The van der Waals surface area contributed by atoms with E-state index in [1.165, 1.54) is 0 Å². The summed E-state index contributed by atoms with van der Waals surface area (Å²) in [6.45, 7) is 0.715. The maximum absolute atomic E-state index is 11.7. The van der Waals surface area contributed by atoms with E-state index in [-0.39, 0.29) is 12.5 Å². The van der Waals surface area contributed by atoms with Gasteiger partial charge in [-0.05, 0) is 30.3 Å². The number of amides is 1. The monoisotopic (exact) mass is 383 g/mol. The molecule has 0 radical (unpaired) electrons. The first-order valence-corrected chi connectivity index (χ1v) is 7.84.